The predicted octanol–water partition coefficient (Wildman–Crippen LogP) is 2.77. The van der Waals surface area contributed by atoms with Crippen LogP contribution in [0.25, 0.3) is 10.9 Å². The van der Waals surface area contributed by atoms with Crippen molar-refractivity contribution in [1.29, 1.82) is 0 Å². The minimum Gasteiger partial charge on any atom is -0.490 e. The smallest absolute Gasteiger partial charge is 0.252 e. The van der Waals surface area contributed by atoms with E-state index >= 15 is 0 Å². The second kappa shape index (κ2) is 8.72. The first kappa shape index (κ1) is 22.9. The molecule has 1 fully saturated rings. The molecule has 9 heteroatoms. The third-order valence-electron chi connectivity index (χ3n) is 6.94. The summed E-state index contributed by atoms with van der Waals surface area (Å²) in [5, 5.41) is 11.5. The molecule has 2 aromatic carbocycles. The van der Waals surface area contributed by atoms with Crippen molar-refractivity contribution in [3.05, 3.63) is 63.9 Å². The minimum absolute atomic E-state index is 0.0914. The highest BCUT2D eigenvalue weighted by Gasteiger charge is 2.39. The number of benzene rings is 2. The first-order chi connectivity index (χ1) is 16.3. The lowest BCUT2D eigenvalue weighted by atomic mass is 10.1. The number of sulfonamides is 1. The molecule has 2 atom stereocenters. The first-order valence-corrected chi connectivity index (χ1v) is 13.0. The van der Waals surface area contributed by atoms with Crippen LogP contribution in [0.1, 0.15) is 30.4 Å². The summed E-state index contributed by atoms with van der Waals surface area (Å²) in [7, 11) is -2.09. The molecule has 1 aromatic heterocycles. The molecule has 8 nitrogen and oxygen atoms in total. The number of aliphatic hydroxyl groups excluding tert-OH is 1. The van der Waals surface area contributed by atoms with Crippen LogP contribution in [-0.4, -0.2) is 55.2 Å². The molecule has 0 spiro atoms. The first-order valence-electron chi connectivity index (χ1n) is 11.5. The Hall–Kier alpha value is -2.88. The van der Waals surface area contributed by atoms with Crippen molar-refractivity contribution >= 4 is 26.6 Å². The Morgan fingerprint density at radius 2 is 2.03 bits per heavy atom. The van der Waals surface area contributed by atoms with Crippen LogP contribution in [0.2, 0.25) is 0 Å². The number of anilines is 1. The fourth-order valence-corrected chi connectivity index (χ4v) is 6.66. The summed E-state index contributed by atoms with van der Waals surface area (Å²) in [5.41, 5.74) is 2.52. The highest BCUT2D eigenvalue weighted by molar-refractivity contribution is 7.89. The number of para-hydroxylation sites is 1. The number of nitrogens with one attached hydrogen (secondary N) is 1. The number of rotatable bonds is 5. The quantitative estimate of drug-likeness (QED) is 0.579. The van der Waals surface area contributed by atoms with Gasteiger partial charge in [0.15, 0.2) is 0 Å². The largest absolute Gasteiger partial charge is 0.490 e. The zero-order valence-corrected chi connectivity index (χ0v) is 20.1. The number of aryl methyl sites for hydroxylation is 1. The Kier molecular flexibility index (Phi) is 5.87. The predicted molar refractivity (Wildman–Crippen MR) is 131 cm³/mol. The van der Waals surface area contributed by atoms with E-state index in [1.54, 1.807) is 24.3 Å². The summed E-state index contributed by atoms with van der Waals surface area (Å²) < 4.78 is 34.8. The molecule has 0 saturated heterocycles. The summed E-state index contributed by atoms with van der Waals surface area (Å²) in [4.78, 5) is 18.0. The van der Waals surface area contributed by atoms with Crippen LogP contribution in [0.3, 0.4) is 0 Å². The van der Waals surface area contributed by atoms with E-state index < -0.39 is 22.2 Å². The standard InChI is InChI=1S/C25H29N3O5S/c1-16-5-3-6-17-13-18(25(30)26-24(16)17)15-28(20-7-4-8-22(20)29)34(31,32)19-9-10-21-23(14-19)33-12-11-27(21)2/h3,5-6,9-10,13-14,20,22,29H,4,7-8,11-12,15H2,1-2H3,(H,26,30). The van der Waals surface area contributed by atoms with Crippen molar-refractivity contribution in [2.45, 2.75) is 49.8 Å². The van der Waals surface area contributed by atoms with Gasteiger partial charge in [-0.05, 0) is 55.3 Å². The van der Waals surface area contributed by atoms with Gasteiger partial charge in [0.25, 0.3) is 5.56 Å². The lowest BCUT2D eigenvalue weighted by Crippen LogP contribution is -2.44. The molecule has 2 aliphatic rings. The second-order valence-corrected chi connectivity index (χ2v) is 11.1. The van der Waals surface area contributed by atoms with Crippen LogP contribution >= 0.6 is 0 Å². The number of pyridine rings is 1. The molecular weight excluding hydrogens is 454 g/mol. The number of fused-ring (bicyclic) bond motifs is 2. The van der Waals surface area contributed by atoms with Crippen LogP contribution in [0.5, 0.6) is 5.75 Å². The van der Waals surface area contributed by atoms with Crippen LogP contribution in [0.4, 0.5) is 5.69 Å². The number of likely N-dealkylation sites (N-methyl/N-ethyl adjacent to an activating group) is 1. The summed E-state index contributed by atoms with van der Waals surface area (Å²) in [5.74, 6) is 0.515. The summed E-state index contributed by atoms with van der Waals surface area (Å²) >= 11 is 0. The fraction of sp³-hybridized carbons (Fsp3) is 0.400. The number of hydrogen-bond donors (Lipinski definition) is 2. The Balaban J connectivity index is 1.58. The molecule has 1 aliphatic carbocycles. The molecule has 0 amide bonds. The molecule has 0 bridgehead atoms. The third-order valence-corrected chi connectivity index (χ3v) is 8.81. The van der Waals surface area contributed by atoms with E-state index in [1.165, 1.54) is 4.31 Å². The van der Waals surface area contributed by atoms with Crippen molar-refractivity contribution in [3.8, 4) is 5.75 Å². The Morgan fingerprint density at radius 1 is 1.21 bits per heavy atom. The number of H-pyrrole nitrogens is 1. The SMILES string of the molecule is Cc1cccc2cc(CN(C3CCCC3O)S(=O)(=O)c3ccc4c(c3)OCCN4C)c(=O)[nH]c12. The Labute approximate surface area is 198 Å². The lowest BCUT2D eigenvalue weighted by Gasteiger charge is -2.31. The van der Waals surface area contributed by atoms with Gasteiger partial charge >= 0.3 is 0 Å². The van der Waals surface area contributed by atoms with Crippen molar-refractivity contribution < 1.29 is 18.3 Å². The zero-order chi connectivity index (χ0) is 24.0. The normalized spacial score (nSPS) is 20.5. The molecule has 0 radical (unpaired) electrons. The van der Waals surface area contributed by atoms with Gasteiger partial charge in [-0.15, -0.1) is 0 Å². The number of aliphatic hydroxyl groups is 1. The molecule has 3 aromatic rings. The van der Waals surface area contributed by atoms with Gasteiger partial charge in [0.1, 0.15) is 12.4 Å². The van der Waals surface area contributed by atoms with E-state index in [0.717, 1.165) is 35.1 Å². The average Bonchev–Trinajstić information content (AvgIpc) is 3.23. The number of ether oxygens (including phenoxy) is 1. The van der Waals surface area contributed by atoms with E-state index in [-0.39, 0.29) is 17.0 Å². The van der Waals surface area contributed by atoms with E-state index in [9.17, 15) is 18.3 Å². The van der Waals surface area contributed by atoms with Crippen molar-refractivity contribution in [2.24, 2.45) is 0 Å². The Morgan fingerprint density at radius 3 is 2.79 bits per heavy atom. The maximum Gasteiger partial charge on any atom is 0.252 e. The number of aromatic amines is 1. The van der Waals surface area contributed by atoms with Crippen LogP contribution in [0, 0.1) is 6.92 Å². The van der Waals surface area contributed by atoms with E-state index in [1.807, 2.05) is 37.1 Å². The van der Waals surface area contributed by atoms with Crippen molar-refractivity contribution in [3.63, 3.8) is 0 Å². The molecule has 2 heterocycles. The van der Waals surface area contributed by atoms with Crippen LogP contribution < -0.4 is 15.2 Å². The van der Waals surface area contributed by atoms with E-state index in [2.05, 4.69) is 4.98 Å². The van der Waals surface area contributed by atoms with Gasteiger partial charge in [-0.25, -0.2) is 8.42 Å². The van der Waals surface area contributed by atoms with Gasteiger partial charge in [-0.1, -0.05) is 18.2 Å². The molecular formula is C25H29N3O5S. The number of aromatic nitrogens is 1. The Bertz CT molecular complexity index is 1400. The van der Waals surface area contributed by atoms with Gasteiger partial charge < -0.3 is 19.7 Å². The maximum absolute atomic E-state index is 13.9. The molecule has 5 rings (SSSR count). The highest BCUT2D eigenvalue weighted by Crippen LogP contribution is 2.36. The van der Waals surface area contributed by atoms with Crippen molar-refractivity contribution in [1.82, 2.24) is 9.29 Å². The molecule has 2 N–H and O–H groups in total. The molecule has 1 aliphatic heterocycles. The summed E-state index contributed by atoms with van der Waals surface area (Å²) in [6, 6.07) is 11.7. The zero-order valence-electron chi connectivity index (χ0n) is 19.3. The van der Waals surface area contributed by atoms with Crippen LogP contribution in [-0.2, 0) is 16.6 Å². The average molecular weight is 484 g/mol. The summed E-state index contributed by atoms with van der Waals surface area (Å²) in [6.45, 7) is 2.99. The maximum atomic E-state index is 13.9. The van der Waals surface area contributed by atoms with Gasteiger partial charge in [0.05, 0.1) is 34.8 Å². The monoisotopic (exact) mass is 483 g/mol. The van der Waals surface area contributed by atoms with Gasteiger partial charge in [-0.2, -0.15) is 4.31 Å². The fourth-order valence-electron chi connectivity index (χ4n) is 4.99. The van der Waals surface area contributed by atoms with E-state index in [4.69, 9.17) is 4.74 Å². The lowest BCUT2D eigenvalue weighted by molar-refractivity contribution is 0.110. The third kappa shape index (κ3) is 3.97. The van der Waals surface area contributed by atoms with Gasteiger partial charge in [-0.3, -0.25) is 4.79 Å². The molecule has 1 saturated carbocycles. The summed E-state index contributed by atoms with van der Waals surface area (Å²) in [6.07, 6.45) is 1.01. The minimum atomic E-state index is -4.02. The van der Waals surface area contributed by atoms with E-state index in [0.29, 0.717) is 30.8 Å². The molecule has 2 unspecified atom stereocenters. The van der Waals surface area contributed by atoms with Crippen LogP contribution in [0.15, 0.2) is 52.2 Å². The topological polar surface area (TPSA) is 103 Å². The number of nitrogens with zero attached hydrogens (tertiary/aromatic N) is 2. The van der Waals surface area contributed by atoms with Gasteiger partial charge in [0, 0.05) is 25.2 Å². The number of hydrogen-bond acceptors (Lipinski definition) is 6. The second-order valence-electron chi connectivity index (χ2n) is 9.18. The molecule has 180 valence electrons. The molecule has 34 heavy (non-hydrogen) atoms. The van der Waals surface area contributed by atoms with Gasteiger partial charge in [0.2, 0.25) is 10.0 Å². The highest BCUT2D eigenvalue weighted by atomic mass is 32.2. The van der Waals surface area contributed by atoms with Crippen molar-refractivity contribution in [2.75, 3.05) is 25.1 Å².